The monoisotopic (exact) mass is 372 g/mol. The summed E-state index contributed by atoms with van der Waals surface area (Å²) >= 11 is 3.83. The molecule has 0 bridgehead atoms. The minimum absolute atomic E-state index is 0.0623. The molecule has 2 aliphatic rings. The van der Waals surface area contributed by atoms with E-state index in [0.717, 1.165) is 5.75 Å². The third-order valence-corrected chi connectivity index (χ3v) is 7.75. The molecule has 2 heterocycles. The number of nitrogens with one attached hydrogen (secondary N) is 1. The van der Waals surface area contributed by atoms with Crippen molar-refractivity contribution in [1.29, 1.82) is 0 Å². The van der Waals surface area contributed by atoms with Gasteiger partial charge in [-0.15, -0.1) is 23.1 Å². The summed E-state index contributed by atoms with van der Waals surface area (Å²) in [6.45, 7) is 6.85. The van der Waals surface area contributed by atoms with Crippen molar-refractivity contribution in [2.24, 2.45) is 5.73 Å². The topological polar surface area (TPSA) is 38.0 Å². The molecular weight excluding hydrogens is 344 g/mol. The van der Waals surface area contributed by atoms with E-state index in [2.05, 4.69) is 56.4 Å². The van der Waals surface area contributed by atoms with Crippen LogP contribution in [0.15, 0.2) is 30.3 Å². The third kappa shape index (κ3) is 3.30. The van der Waals surface area contributed by atoms with Crippen LogP contribution >= 0.6 is 23.1 Å². The van der Waals surface area contributed by atoms with Gasteiger partial charge in [-0.1, -0.05) is 39.0 Å². The number of nitrogens with two attached hydrogens (primary N) is 1. The van der Waals surface area contributed by atoms with Crippen molar-refractivity contribution in [2.45, 2.75) is 62.9 Å². The second-order valence-electron chi connectivity index (χ2n) is 8.40. The Morgan fingerprint density at radius 2 is 2.04 bits per heavy atom. The molecule has 1 spiro atoms. The molecular formula is C21H28N2S2. The average molecular weight is 373 g/mol. The zero-order valence-corrected chi connectivity index (χ0v) is 17.0. The minimum atomic E-state index is 0.0623. The van der Waals surface area contributed by atoms with Crippen molar-refractivity contribution in [2.75, 3.05) is 5.75 Å². The molecule has 1 fully saturated rings. The number of thiophene rings is 1. The Hall–Kier alpha value is -0.810. The average Bonchev–Trinajstić information content (AvgIpc) is 3.00. The van der Waals surface area contributed by atoms with Gasteiger partial charge in [-0.05, 0) is 65.7 Å². The first-order valence-corrected chi connectivity index (χ1v) is 11.1. The fourth-order valence-electron chi connectivity index (χ4n) is 4.14. The van der Waals surface area contributed by atoms with Gasteiger partial charge in [-0.3, -0.25) is 5.32 Å². The lowest BCUT2D eigenvalue weighted by Gasteiger charge is -2.43. The first-order chi connectivity index (χ1) is 11.9. The summed E-state index contributed by atoms with van der Waals surface area (Å²) in [7, 11) is 0. The zero-order chi connectivity index (χ0) is 17.7. The van der Waals surface area contributed by atoms with Crippen LogP contribution in [0.5, 0.6) is 0 Å². The highest BCUT2D eigenvalue weighted by Crippen LogP contribution is 2.47. The Kier molecular flexibility index (Phi) is 4.52. The number of hydrogen-bond acceptors (Lipinski definition) is 4. The maximum absolute atomic E-state index is 6.24. The molecule has 1 aliphatic carbocycles. The van der Waals surface area contributed by atoms with E-state index in [-0.39, 0.29) is 16.5 Å². The highest BCUT2D eigenvalue weighted by atomic mass is 32.2. The summed E-state index contributed by atoms with van der Waals surface area (Å²) in [6.07, 6.45) is 4.88. The van der Waals surface area contributed by atoms with Gasteiger partial charge in [0.05, 0.1) is 0 Å². The fraction of sp³-hybridized carbons (Fsp3) is 0.524. The normalized spacial score (nSPS) is 26.6. The van der Waals surface area contributed by atoms with Crippen LogP contribution in [-0.2, 0) is 17.4 Å². The van der Waals surface area contributed by atoms with Crippen LogP contribution in [0.25, 0.3) is 10.4 Å². The molecule has 0 saturated carbocycles. The summed E-state index contributed by atoms with van der Waals surface area (Å²) in [5.74, 6) is 1.15. The number of benzene rings is 1. The second kappa shape index (κ2) is 6.41. The fourth-order valence-corrected chi connectivity index (χ4v) is 6.47. The van der Waals surface area contributed by atoms with Crippen LogP contribution in [0.2, 0.25) is 0 Å². The number of aryl methyl sites for hydroxylation is 1. The molecule has 1 saturated heterocycles. The first kappa shape index (κ1) is 17.6. The zero-order valence-electron chi connectivity index (χ0n) is 15.4. The number of rotatable bonds is 1. The number of thioether (sulfide) groups is 1. The van der Waals surface area contributed by atoms with Crippen molar-refractivity contribution < 1.29 is 0 Å². The van der Waals surface area contributed by atoms with Crippen molar-refractivity contribution in [3.63, 3.8) is 0 Å². The summed E-state index contributed by atoms with van der Waals surface area (Å²) in [4.78, 5) is 2.97. The first-order valence-electron chi connectivity index (χ1n) is 9.26. The van der Waals surface area contributed by atoms with E-state index in [1.807, 2.05) is 23.1 Å². The van der Waals surface area contributed by atoms with Crippen molar-refractivity contribution in [1.82, 2.24) is 5.32 Å². The van der Waals surface area contributed by atoms with E-state index >= 15 is 0 Å². The molecule has 4 rings (SSSR count). The van der Waals surface area contributed by atoms with E-state index in [4.69, 9.17) is 5.73 Å². The van der Waals surface area contributed by atoms with Gasteiger partial charge < -0.3 is 5.73 Å². The SMILES string of the molecule is CC(C)(C)c1cccc(-c2cc3c(s2)CCCC32CCSC(N)N2)c1. The largest absolute Gasteiger partial charge is 0.307 e. The minimum Gasteiger partial charge on any atom is -0.307 e. The molecule has 1 aromatic heterocycles. The Morgan fingerprint density at radius 3 is 2.80 bits per heavy atom. The summed E-state index contributed by atoms with van der Waals surface area (Å²) < 4.78 is 0. The van der Waals surface area contributed by atoms with Gasteiger partial charge in [0.2, 0.25) is 0 Å². The number of hydrogen-bond donors (Lipinski definition) is 2. The van der Waals surface area contributed by atoms with E-state index in [1.54, 1.807) is 4.88 Å². The molecule has 2 atom stereocenters. The standard InChI is InChI=1S/C21H28N2S2/c1-20(2,3)15-7-4-6-14(12-15)18-13-16-17(25-18)8-5-9-21(16)10-11-24-19(22)23-21/h4,6-7,12-13,19,23H,5,8-11,22H2,1-3H3. The van der Waals surface area contributed by atoms with E-state index in [1.165, 1.54) is 47.3 Å². The molecule has 2 nitrogen and oxygen atoms in total. The van der Waals surface area contributed by atoms with Crippen LogP contribution in [0, 0.1) is 0 Å². The molecule has 0 amide bonds. The van der Waals surface area contributed by atoms with Crippen molar-refractivity contribution in [3.05, 3.63) is 46.3 Å². The second-order valence-corrected chi connectivity index (χ2v) is 10.8. The molecule has 0 radical (unpaired) electrons. The Labute approximate surface area is 159 Å². The summed E-state index contributed by atoms with van der Waals surface area (Å²) in [6, 6.07) is 11.5. The van der Waals surface area contributed by atoms with E-state index in [9.17, 15) is 0 Å². The third-order valence-electron chi connectivity index (χ3n) is 5.59. The van der Waals surface area contributed by atoms with Gasteiger partial charge in [0, 0.05) is 15.3 Å². The number of fused-ring (bicyclic) bond motifs is 2. The summed E-state index contributed by atoms with van der Waals surface area (Å²) in [5, 5.41) is 3.74. The highest BCUT2D eigenvalue weighted by molar-refractivity contribution is 7.99. The van der Waals surface area contributed by atoms with Crippen molar-refractivity contribution >= 4 is 23.1 Å². The molecule has 1 aromatic carbocycles. The Balaban J connectivity index is 1.74. The van der Waals surface area contributed by atoms with Gasteiger partial charge in [-0.25, -0.2) is 0 Å². The summed E-state index contributed by atoms with van der Waals surface area (Å²) in [5.41, 5.74) is 10.9. The van der Waals surface area contributed by atoms with Crippen LogP contribution < -0.4 is 11.1 Å². The molecule has 2 unspecified atom stereocenters. The maximum Gasteiger partial charge on any atom is 0.104 e. The molecule has 3 N–H and O–H groups in total. The Morgan fingerprint density at radius 1 is 1.20 bits per heavy atom. The van der Waals surface area contributed by atoms with Crippen LogP contribution in [0.1, 0.15) is 56.0 Å². The quantitative estimate of drug-likeness (QED) is 0.721. The molecule has 25 heavy (non-hydrogen) atoms. The van der Waals surface area contributed by atoms with Crippen molar-refractivity contribution in [3.8, 4) is 10.4 Å². The van der Waals surface area contributed by atoms with E-state index < -0.39 is 0 Å². The molecule has 4 heteroatoms. The van der Waals surface area contributed by atoms with Gasteiger partial charge >= 0.3 is 0 Å². The lowest BCUT2D eigenvalue weighted by molar-refractivity contribution is 0.264. The van der Waals surface area contributed by atoms with Gasteiger partial charge in [0.25, 0.3) is 0 Å². The van der Waals surface area contributed by atoms with E-state index in [0.29, 0.717) is 0 Å². The van der Waals surface area contributed by atoms with Gasteiger partial charge in [-0.2, -0.15) is 0 Å². The molecule has 2 aromatic rings. The highest BCUT2D eigenvalue weighted by Gasteiger charge is 2.41. The molecule has 134 valence electrons. The predicted octanol–water partition coefficient (Wildman–Crippen LogP) is 5.21. The predicted molar refractivity (Wildman–Crippen MR) is 111 cm³/mol. The smallest absolute Gasteiger partial charge is 0.104 e. The lowest BCUT2D eigenvalue weighted by atomic mass is 9.78. The van der Waals surface area contributed by atoms with Gasteiger partial charge in [0.15, 0.2) is 0 Å². The maximum atomic E-state index is 6.24. The molecule has 1 aliphatic heterocycles. The van der Waals surface area contributed by atoms with Crippen LogP contribution in [-0.4, -0.2) is 11.3 Å². The lowest BCUT2D eigenvalue weighted by Crippen LogP contribution is -2.54. The van der Waals surface area contributed by atoms with Crippen LogP contribution in [0.3, 0.4) is 0 Å². The van der Waals surface area contributed by atoms with Gasteiger partial charge in [0.1, 0.15) is 5.50 Å². The van der Waals surface area contributed by atoms with Crippen LogP contribution in [0.4, 0.5) is 0 Å². The Bertz CT molecular complexity index is 774.